The van der Waals surface area contributed by atoms with Crippen molar-refractivity contribution in [2.75, 3.05) is 7.05 Å². The molecule has 78 valence electrons. The summed E-state index contributed by atoms with van der Waals surface area (Å²) in [6, 6.07) is 0.334. The summed E-state index contributed by atoms with van der Waals surface area (Å²) in [4.78, 5) is 2.47. The second-order valence-electron chi connectivity index (χ2n) is 5.68. The normalized spacial score (nSPS) is 39.0. The molecule has 13 heavy (non-hydrogen) atoms. The van der Waals surface area contributed by atoms with E-state index in [0.717, 1.165) is 6.42 Å². The highest BCUT2D eigenvalue weighted by atomic mass is 15.2. The summed E-state index contributed by atoms with van der Waals surface area (Å²) in [6.45, 7) is 11.4. The summed E-state index contributed by atoms with van der Waals surface area (Å²) in [5.74, 6) is 0.561. The number of hydrogen-bond donors (Lipinski definition) is 1. The lowest BCUT2D eigenvalue weighted by Crippen LogP contribution is -2.65. The molecular formula is C11H24N2. The SMILES string of the molecule is CC1C(N)CC(C)(C)N(C)C1(C)C. The largest absolute Gasteiger partial charge is 0.327 e. The Bertz CT molecular complexity index is 196. The van der Waals surface area contributed by atoms with Crippen molar-refractivity contribution in [2.45, 2.75) is 58.2 Å². The minimum Gasteiger partial charge on any atom is -0.327 e. The van der Waals surface area contributed by atoms with Crippen LogP contribution >= 0.6 is 0 Å². The van der Waals surface area contributed by atoms with Crippen LogP contribution in [0.15, 0.2) is 0 Å². The monoisotopic (exact) mass is 184 g/mol. The molecule has 0 aromatic heterocycles. The van der Waals surface area contributed by atoms with Crippen LogP contribution in [0.3, 0.4) is 0 Å². The zero-order valence-electron chi connectivity index (χ0n) is 9.89. The Morgan fingerprint density at radius 2 is 1.69 bits per heavy atom. The molecule has 1 fully saturated rings. The van der Waals surface area contributed by atoms with Crippen LogP contribution in [0, 0.1) is 5.92 Å². The van der Waals surface area contributed by atoms with Crippen molar-refractivity contribution in [1.82, 2.24) is 4.90 Å². The van der Waals surface area contributed by atoms with Crippen LogP contribution in [0.1, 0.15) is 41.0 Å². The molecule has 2 heteroatoms. The van der Waals surface area contributed by atoms with Crippen LogP contribution in [-0.2, 0) is 0 Å². The molecule has 1 rings (SSSR count). The second-order valence-corrected chi connectivity index (χ2v) is 5.68. The maximum absolute atomic E-state index is 6.17. The van der Waals surface area contributed by atoms with Gasteiger partial charge in [0, 0.05) is 17.1 Å². The van der Waals surface area contributed by atoms with Gasteiger partial charge in [-0.2, -0.15) is 0 Å². The summed E-state index contributed by atoms with van der Waals surface area (Å²) in [5.41, 5.74) is 6.61. The molecule has 0 bridgehead atoms. The van der Waals surface area contributed by atoms with Crippen LogP contribution in [0.2, 0.25) is 0 Å². The van der Waals surface area contributed by atoms with Gasteiger partial charge in [0.1, 0.15) is 0 Å². The minimum absolute atomic E-state index is 0.209. The maximum atomic E-state index is 6.17. The van der Waals surface area contributed by atoms with Crippen LogP contribution in [0.4, 0.5) is 0 Å². The summed E-state index contributed by atoms with van der Waals surface area (Å²) >= 11 is 0. The first-order chi connectivity index (χ1) is 5.69. The van der Waals surface area contributed by atoms with E-state index >= 15 is 0 Å². The summed E-state index contributed by atoms with van der Waals surface area (Å²) in [6.07, 6.45) is 1.09. The standard InChI is InChI=1S/C11H24N2/c1-8-9(12)7-10(2,3)13(6)11(8,4)5/h8-9H,7,12H2,1-6H3. The molecule has 0 aromatic carbocycles. The summed E-state index contributed by atoms with van der Waals surface area (Å²) < 4.78 is 0. The molecule has 0 saturated carbocycles. The average molecular weight is 184 g/mol. The van der Waals surface area contributed by atoms with Gasteiger partial charge in [-0.05, 0) is 47.1 Å². The van der Waals surface area contributed by atoms with Gasteiger partial charge in [0.2, 0.25) is 0 Å². The van der Waals surface area contributed by atoms with Gasteiger partial charge in [-0.3, -0.25) is 4.90 Å². The van der Waals surface area contributed by atoms with Gasteiger partial charge in [-0.25, -0.2) is 0 Å². The van der Waals surface area contributed by atoms with Crippen molar-refractivity contribution in [2.24, 2.45) is 11.7 Å². The zero-order valence-corrected chi connectivity index (χ0v) is 9.89. The van der Waals surface area contributed by atoms with E-state index < -0.39 is 0 Å². The smallest absolute Gasteiger partial charge is 0.0195 e. The van der Waals surface area contributed by atoms with E-state index in [-0.39, 0.29) is 11.1 Å². The third kappa shape index (κ3) is 1.62. The molecule has 2 atom stereocenters. The highest BCUT2D eigenvalue weighted by Crippen LogP contribution is 2.39. The van der Waals surface area contributed by atoms with Gasteiger partial charge < -0.3 is 5.73 Å². The zero-order chi connectivity index (χ0) is 10.4. The molecule has 1 aliphatic heterocycles. The average Bonchev–Trinajstić information content (AvgIpc) is 1.98. The highest BCUT2D eigenvalue weighted by Gasteiger charge is 2.46. The van der Waals surface area contributed by atoms with Gasteiger partial charge in [0.05, 0.1) is 0 Å². The van der Waals surface area contributed by atoms with E-state index in [9.17, 15) is 0 Å². The number of piperidine rings is 1. The molecule has 2 nitrogen and oxygen atoms in total. The van der Waals surface area contributed by atoms with E-state index in [0.29, 0.717) is 12.0 Å². The summed E-state index contributed by atoms with van der Waals surface area (Å²) in [5, 5.41) is 0. The lowest BCUT2D eigenvalue weighted by Gasteiger charge is -2.56. The van der Waals surface area contributed by atoms with E-state index in [4.69, 9.17) is 5.73 Å². The Morgan fingerprint density at radius 1 is 1.23 bits per heavy atom. The Labute approximate surface area is 82.5 Å². The lowest BCUT2D eigenvalue weighted by atomic mass is 9.71. The second kappa shape index (κ2) is 2.96. The molecule has 0 aliphatic carbocycles. The lowest BCUT2D eigenvalue weighted by molar-refractivity contribution is -0.0488. The predicted octanol–water partition coefficient (Wildman–Crippen LogP) is 1.84. The number of likely N-dealkylation sites (tertiary alicyclic amines) is 1. The van der Waals surface area contributed by atoms with Gasteiger partial charge >= 0.3 is 0 Å². The van der Waals surface area contributed by atoms with Crippen LogP contribution in [-0.4, -0.2) is 29.1 Å². The Hall–Kier alpha value is -0.0800. The fourth-order valence-electron chi connectivity index (χ4n) is 2.50. The number of nitrogens with zero attached hydrogens (tertiary/aromatic N) is 1. The van der Waals surface area contributed by atoms with E-state index in [2.05, 4.69) is 46.6 Å². The Balaban J connectivity index is 2.96. The number of nitrogens with two attached hydrogens (primary N) is 1. The fourth-order valence-corrected chi connectivity index (χ4v) is 2.50. The van der Waals surface area contributed by atoms with Crippen molar-refractivity contribution in [3.05, 3.63) is 0 Å². The molecular weight excluding hydrogens is 160 g/mol. The van der Waals surface area contributed by atoms with Crippen LogP contribution in [0.5, 0.6) is 0 Å². The van der Waals surface area contributed by atoms with Crippen molar-refractivity contribution >= 4 is 0 Å². The molecule has 0 amide bonds. The first kappa shape index (κ1) is 11.0. The molecule has 0 radical (unpaired) electrons. The highest BCUT2D eigenvalue weighted by molar-refractivity contribution is 5.03. The molecule has 1 aliphatic rings. The van der Waals surface area contributed by atoms with Crippen molar-refractivity contribution in [3.63, 3.8) is 0 Å². The van der Waals surface area contributed by atoms with Crippen molar-refractivity contribution in [3.8, 4) is 0 Å². The van der Waals surface area contributed by atoms with E-state index in [1.165, 1.54) is 0 Å². The van der Waals surface area contributed by atoms with Crippen LogP contribution < -0.4 is 5.73 Å². The predicted molar refractivity (Wildman–Crippen MR) is 57.7 cm³/mol. The number of rotatable bonds is 0. The Kier molecular flexibility index (Phi) is 2.50. The minimum atomic E-state index is 0.209. The molecule has 2 N–H and O–H groups in total. The number of hydrogen-bond acceptors (Lipinski definition) is 2. The maximum Gasteiger partial charge on any atom is 0.0195 e. The first-order valence-corrected chi connectivity index (χ1v) is 5.19. The third-order valence-electron chi connectivity index (χ3n) is 4.26. The fraction of sp³-hybridized carbons (Fsp3) is 1.00. The van der Waals surface area contributed by atoms with Crippen molar-refractivity contribution < 1.29 is 0 Å². The Morgan fingerprint density at radius 3 is 2.15 bits per heavy atom. The quantitative estimate of drug-likeness (QED) is 0.622. The van der Waals surface area contributed by atoms with Gasteiger partial charge in [0.25, 0.3) is 0 Å². The van der Waals surface area contributed by atoms with Crippen molar-refractivity contribution in [1.29, 1.82) is 0 Å². The molecule has 2 unspecified atom stereocenters. The third-order valence-corrected chi connectivity index (χ3v) is 4.26. The molecule has 1 heterocycles. The topological polar surface area (TPSA) is 29.3 Å². The van der Waals surface area contributed by atoms with E-state index in [1.807, 2.05) is 0 Å². The molecule has 0 aromatic rings. The van der Waals surface area contributed by atoms with Gasteiger partial charge in [0.15, 0.2) is 0 Å². The van der Waals surface area contributed by atoms with Gasteiger partial charge in [-0.15, -0.1) is 0 Å². The summed E-state index contributed by atoms with van der Waals surface area (Å²) in [7, 11) is 2.21. The van der Waals surface area contributed by atoms with Gasteiger partial charge in [-0.1, -0.05) is 6.92 Å². The first-order valence-electron chi connectivity index (χ1n) is 5.19. The molecule has 1 saturated heterocycles. The molecule has 0 spiro atoms. The van der Waals surface area contributed by atoms with E-state index in [1.54, 1.807) is 0 Å². The van der Waals surface area contributed by atoms with Crippen LogP contribution in [0.25, 0.3) is 0 Å².